The van der Waals surface area contributed by atoms with Crippen LogP contribution in [0.4, 0.5) is 8.78 Å². The molecule has 2 aromatic rings. The van der Waals surface area contributed by atoms with Crippen molar-refractivity contribution in [3.05, 3.63) is 35.0 Å². The maximum Gasteiger partial charge on any atom is 0.184 e. The molecule has 0 aliphatic carbocycles. The van der Waals surface area contributed by atoms with Crippen molar-refractivity contribution in [2.45, 2.75) is 19.4 Å². The molecule has 0 spiro atoms. The number of halogens is 3. The Hall–Kier alpha value is -1.13. The predicted molar refractivity (Wildman–Crippen MR) is 65.2 cm³/mol. The van der Waals surface area contributed by atoms with E-state index in [1.165, 1.54) is 6.07 Å². The smallest absolute Gasteiger partial charge is 0.184 e. The lowest BCUT2D eigenvalue weighted by Gasteiger charge is -2.16. The van der Waals surface area contributed by atoms with Gasteiger partial charge in [0.05, 0.1) is 10.5 Å². The third-order valence-corrected chi connectivity index (χ3v) is 3.25. The first-order valence-electron chi connectivity index (χ1n) is 5.44. The quantitative estimate of drug-likeness (QED) is 0.840. The number of aromatic nitrogens is 1. The third kappa shape index (κ3) is 1.91. The van der Waals surface area contributed by atoms with Gasteiger partial charge in [-0.1, -0.05) is 18.5 Å². The van der Waals surface area contributed by atoms with Gasteiger partial charge in [0.1, 0.15) is 0 Å². The summed E-state index contributed by atoms with van der Waals surface area (Å²) in [5, 5.41) is 0.384. The van der Waals surface area contributed by atoms with Crippen LogP contribution in [-0.2, 0) is 0 Å². The van der Waals surface area contributed by atoms with Crippen molar-refractivity contribution >= 4 is 22.5 Å². The van der Waals surface area contributed by atoms with E-state index in [1.807, 2.05) is 6.92 Å². The van der Waals surface area contributed by atoms with Gasteiger partial charge in [0.15, 0.2) is 11.6 Å². The van der Waals surface area contributed by atoms with Crippen molar-refractivity contribution < 1.29 is 8.78 Å². The molecule has 1 aromatic carbocycles. The lowest BCUT2D eigenvalue weighted by atomic mass is 10.2. The molecule has 0 saturated heterocycles. The fourth-order valence-electron chi connectivity index (χ4n) is 2.01. The number of benzene rings is 1. The highest BCUT2D eigenvalue weighted by molar-refractivity contribution is 6.31. The van der Waals surface area contributed by atoms with Gasteiger partial charge in [-0.2, -0.15) is 0 Å². The van der Waals surface area contributed by atoms with Crippen LogP contribution < -0.4 is 5.73 Å². The molecule has 92 valence electrons. The Kier molecular flexibility index (Phi) is 3.35. The van der Waals surface area contributed by atoms with E-state index in [-0.39, 0.29) is 16.6 Å². The second-order valence-electron chi connectivity index (χ2n) is 3.94. The lowest BCUT2D eigenvalue weighted by molar-refractivity contribution is 0.484. The molecular weight excluding hydrogens is 246 g/mol. The first-order chi connectivity index (χ1) is 8.10. The summed E-state index contributed by atoms with van der Waals surface area (Å²) in [6.07, 6.45) is 2.47. The third-order valence-electron chi connectivity index (χ3n) is 2.98. The monoisotopic (exact) mass is 258 g/mol. The Balaban J connectivity index is 2.71. The van der Waals surface area contributed by atoms with Crippen LogP contribution in [0.25, 0.3) is 10.9 Å². The van der Waals surface area contributed by atoms with Gasteiger partial charge in [0, 0.05) is 24.2 Å². The molecule has 2 nitrogen and oxygen atoms in total. The summed E-state index contributed by atoms with van der Waals surface area (Å²) in [4.78, 5) is 0. The van der Waals surface area contributed by atoms with E-state index in [9.17, 15) is 8.78 Å². The van der Waals surface area contributed by atoms with E-state index < -0.39 is 11.6 Å². The van der Waals surface area contributed by atoms with Gasteiger partial charge in [-0.25, -0.2) is 8.78 Å². The molecule has 1 aromatic heterocycles. The Bertz CT molecular complexity index is 547. The second-order valence-corrected chi connectivity index (χ2v) is 4.35. The highest BCUT2D eigenvalue weighted by Gasteiger charge is 2.18. The van der Waals surface area contributed by atoms with E-state index >= 15 is 0 Å². The van der Waals surface area contributed by atoms with Crippen LogP contribution >= 0.6 is 11.6 Å². The van der Waals surface area contributed by atoms with Crippen LogP contribution in [0.5, 0.6) is 0 Å². The Morgan fingerprint density at radius 1 is 1.41 bits per heavy atom. The average Bonchev–Trinajstić information content (AvgIpc) is 2.72. The molecule has 17 heavy (non-hydrogen) atoms. The summed E-state index contributed by atoms with van der Waals surface area (Å²) < 4.78 is 29.0. The highest BCUT2D eigenvalue weighted by atomic mass is 35.5. The average molecular weight is 259 g/mol. The van der Waals surface area contributed by atoms with E-state index in [4.69, 9.17) is 17.3 Å². The first kappa shape index (κ1) is 12.3. The number of hydrogen-bond donors (Lipinski definition) is 1. The van der Waals surface area contributed by atoms with Crippen LogP contribution in [0.1, 0.15) is 19.4 Å². The van der Waals surface area contributed by atoms with E-state index in [1.54, 1.807) is 16.8 Å². The summed E-state index contributed by atoms with van der Waals surface area (Å²) in [6, 6.07) is 3.10. The lowest BCUT2D eigenvalue weighted by Crippen LogP contribution is -2.18. The van der Waals surface area contributed by atoms with Crippen molar-refractivity contribution in [3.63, 3.8) is 0 Å². The summed E-state index contributed by atoms with van der Waals surface area (Å²) >= 11 is 5.60. The minimum atomic E-state index is -1.01. The standard InChI is InChI=1S/C12H13ClF2N2/c1-2-8(6-16)17-4-3-7-5-9(13)10(14)11(15)12(7)17/h3-5,8H,2,6,16H2,1H3/t8-/m0/s1. The molecule has 0 aliphatic rings. The molecule has 0 aliphatic heterocycles. The fourth-order valence-corrected chi connectivity index (χ4v) is 2.21. The molecule has 1 heterocycles. The van der Waals surface area contributed by atoms with Gasteiger partial charge in [0.25, 0.3) is 0 Å². The number of fused-ring (bicyclic) bond motifs is 1. The zero-order valence-corrected chi connectivity index (χ0v) is 10.1. The van der Waals surface area contributed by atoms with Crippen molar-refractivity contribution in [3.8, 4) is 0 Å². The van der Waals surface area contributed by atoms with E-state index in [0.717, 1.165) is 6.42 Å². The Labute approximate surface area is 103 Å². The molecule has 0 amide bonds. The van der Waals surface area contributed by atoms with E-state index in [2.05, 4.69) is 0 Å². The number of hydrogen-bond acceptors (Lipinski definition) is 1. The topological polar surface area (TPSA) is 30.9 Å². The molecule has 0 bridgehead atoms. The first-order valence-corrected chi connectivity index (χ1v) is 5.82. The molecule has 1 atom stereocenters. The van der Waals surface area contributed by atoms with Gasteiger partial charge in [-0.3, -0.25) is 0 Å². The zero-order valence-electron chi connectivity index (χ0n) is 9.38. The van der Waals surface area contributed by atoms with Crippen molar-refractivity contribution in [1.82, 2.24) is 4.57 Å². The number of nitrogens with zero attached hydrogens (tertiary/aromatic N) is 1. The van der Waals surface area contributed by atoms with Crippen LogP contribution in [-0.4, -0.2) is 11.1 Å². The van der Waals surface area contributed by atoms with Gasteiger partial charge in [0.2, 0.25) is 0 Å². The predicted octanol–water partition coefficient (Wildman–Crippen LogP) is 3.48. The zero-order chi connectivity index (χ0) is 12.6. The normalized spacial score (nSPS) is 13.2. The SMILES string of the molecule is CC[C@@H](CN)n1ccc2cc(Cl)c(F)c(F)c21. The van der Waals surface area contributed by atoms with Gasteiger partial charge < -0.3 is 10.3 Å². The Morgan fingerprint density at radius 3 is 2.71 bits per heavy atom. The van der Waals surface area contributed by atoms with Crippen LogP contribution in [0.3, 0.4) is 0 Å². The summed E-state index contributed by atoms with van der Waals surface area (Å²) in [5.41, 5.74) is 5.85. The highest BCUT2D eigenvalue weighted by Crippen LogP contribution is 2.30. The Morgan fingerprint density at radius 2 is 2.12 bits per heavy atom. The molecule has 0 fully saturated rings. The molecule has 0 saturated carbocycles. The summed E-state index contributed by atoms with van der Waals surface area (Å²) in [6.45, 7) is 2.33. The fraction of sp³-hybridized carbons (Fsp3) is 0.333. The maximum absolute atomic E-state index is 13.9. The molecule has 5 heteroatoms. The summed E-state index contributed by atoms with van der Waals surface area (Å²) in [7, 11) is 0. The second kappa shape index (κ2) is 4.63. The molecular formula is C12H13ClF2N2. The van der Waals surface area contributed by atoms with Gasteiger partial charge in [-0.15, -0.1) is 0 Å². The molecule has 0 unspecified atom stereocenters. The number of rotatable bonds is 3. The minimum Gasteiger partial charge on any atom is -0.341 e. The largest absolute Gasteiger partial charge is 0.341 e. The minimum absolute atomic E-state index is 0.0393. The molecule has 0 radical (unpaired) electrons. The molecule has 2 N–H and O–H groups in total. The van der Waals surface area contributed by atoms with Crippen LogP contribution in [0, 0.1) is 11.6 Å². The van der Waals surface area contributed by atoms with Gasteiger partial charge >= 0.3 is 0 Å². The van der Waals surface area contributed by atoms with Gasteiger partial charge in [-0.05, 0) is 18.6 Å². The van der Waals surface area contributed by atoms with E-state index in [0.29, 0.717) is 11.9 Å². The summed E-state index contributed by atoms with van der Waals surface area (Å²) in [5.74, 6) is -1.92. The number of nitrogens with two attached hydrogens (primary N) is 1. The van der Waals surface area contributed by atoms with Crippen molar-refractivity contribution in [2.24, 2.45) is 5.73 Å². The maximum atomic E-state index is 13.9. The van der Waals surface area contributed by atoms with Crippen molar-refractivity contribution in [2.75, 3.05) is 6.54 Å². The van der Waals surface area contributed by atoms with Crippen LogP contribution in [0.15, 0.2) is 18.3 Å². The van der Waals surface area contributed by atoms with Crippen LogP contribution in [0.2, 0.25) is 5.02 Å². The van der Waals surface area contributed by atoms with Crippen molar-refractivity contribution in [1.29, 1.82) is 0 Å². The molecule has 2 rings (SSSR count).